The molecular formula is C23H20FNO3. The normalized spacial score (nSPS) is 13.8. The molecule has 0 atom stereocenters. The van der Waals surface area contributed by atoms with Crippen molar-refractivity contribution in [1.29, 1.82) is 0 Å². The molecule has 1 aliphatic rings. The van der Waals surface area contributed by atoms with Gasteiger partial charge in [-0.05, 0) is 66.3 Å². The Labute approximate surface area is 162 Å². The third-order valence-corrected chi connectivity index (χ3v) is 5.05. The number of carboxylic acid groups (broad SMARTS) is 1. The summed E-state index contributed by atoms with van der Waals surface area (Å²) in [4.78, 5) is 15.4. The van der Waals surface area contributed by atoms with Crippen LogP contribution in [0.5, 0.6) is 5.75 Å². The summed E-state index contributed by atoms with van der Waals surface area (Å²) in [6.07, 6.45) is 5.30. The molecule has 142 valence electrons. The van der Waals surface area contributed by atoms with E-state index in [0.717, 1.165) is 29.7 Å². The lowest BCUT2D eigenvalue weighted by atomic mass is 9.96. The minimum Gasteiger partial charge on any atom is -0.490 e. The number of hydrogen-bond acceptors (Lipinski definition) is 3. The molecule has 0 amide bonds. The van der Waals surface area contributed by atoms with Crippen LogP contribution in [0.2, 0.25) is 0 Å². The molecule has 4 nitrogen and oxygen atoms in total. The summed E-state index contributed by atoms with van der Waals surface area (Å²) in [5.41, 5.74) is 2.47. The van der Waals surface area contributed by atoms with Crippen LogP contribution < -0.4 is 4.74 Å². The summed E-state index contributed by atoms with van der Waals surface area (Å²) in [6.45, 7) is 0. The van der Waals surface area contributed by atoms with Crippen molar-refractivity contribution in [3.8, 4) is 16.9 Å². The summed E-state index contributed by atoms with van der Waals surface area (Å²) < 4.78 is 20.6. The highest BCUT2D eigenvalue weighted by Crippen LogP contribution is 2.30. The van der Waals surface area contributed by atoms with Crippen molar-refractivity contribution >= 4 is 5.97 Å². The van der Waals surface area contributed by atoms with Crippen molar-refractivity contribution in [1.82, 2.24) is 4.98 Å². The fourth-order valence-corrected chi connectivity index (χ4v) is 3.25. The highest BCUT2D eigenvalue weighted by molar-refractivity contribution is 5.88. The van der Waals surface area contributed by atoms with Crippen molar-refractivity contribution < 1.29 is 19.0 Å². The molecule has 1 aromatic heterocycles. The topological polar surface area (TPSA) is 59.4 Å². The second kappa shape index (κ2) is 7.80. The van der Waals surface area contributed by atoms with E-state index in [-0.39, 0.29) is 23.9 Å². The Bertz CT molecular complexity index is 1010. The second-order valence-electron chi connectivity index (χ2n) is 6.98. The predicted octanol–water partition coefficient (Wildman–Crippen LogP) is 5.11. The van der Waals surface area contributed by atoms with Gasteiger partial charge in [0.2, 0.25) is 0 Å². The van der Waals surface area contributed by atoms with Crippen LogP contribution >= 0.6 is 0 Å². The van der Waals surface area contributed by atoms with Gasteiger partial charge in [0, 0.05) is 12.6 Å². The first-order chi connectivity index (χ1) is 13.6. The first kappa shape index (κ1) is 18.2. The number of ether oxygens (including phenoxy) is 1. The van der Waals surface area contributed by atoms with Crippen LogP contribution in [0.1, 0.15) is 40.9 Å². The molecular weight excluding hydrogens is 357 g/mol. The molecule has 1 saturated carbocycles. The van der Waals surface area contributed by atoms with Gasteiger partial charge in [0.05, 0.1) is 17.4 Å². The molecule has 5 heteroatoms. The first-order valence-corrected chi connectivity index (χ1v) is 9.33. The van der Waals surface area contributed by atoms with E-state index >= 15 is 0 Å². The Morgan fingerprint density at radius 3 is 2.64 bits per heavy atom. The maximum Gasteiger partial charge on any atom is 0.337 e. The summed E-state index contributed by atoms with van der Waals surface area (Å²) in [5, 5.41) is 9.27. The number of benzene rings is 2. The molecule has 3 aromatic rings. The fourth-order valence-electron chi connectivity index (χ4n) is 3.25. The van der Waals surface area contributed by atoms with E-state index in [4.69, 9.17) is 4.74 Å². The number of rotatable bonds is 6. The quantitative estimate of drug-likeness (QED) is 0.649. The number of nitrogens with zero attached hydrogens (tertiary/aromatic N) is 1. The number of hydrogen-bond donors (Lipinski definition) is 1. The number of carboxylic acids is 1. The zero-order valence-electron chi connectivity index (χ0n) is 15.3. The van der Waals surface area contributed by atoms with E-state index in [0.29, 0.717) is 11.3 Å². The third kappa shape index (κ3) is 3.88. The van der Waals surface area contributed by atoms with Crippen LogP contribution in [0.25, 0.3) is 11.1 Å². The van der Waals surface area contributed by atoms with Crippen molar-refractivity contribution in [3.63, 3.8) is 0 Å². The summed E-state index contributed by atoms with van der Waals surface area (Å²) >= 11 is 0. The van der Waals surface area contributed by atoms with Gasteiger partial charge in [-0.25, -0.2) is 9.18 Å². The van der Waals surface area contributed by atoms with E-state index in [9.17, 15) is 14.3 Å². The van der Waals surface area contributed by atoms with Crippen molar-refractivity contribution in [2.75, 3.05) is 0 Å². The predicted molar refractivity (Wildman–Crippen MR) is 104 cm³/mol. The molecule has 2 aromatic carbocycles. The molecule has 1 aliphatic carbocycles. The number of pyridine rings is 1. The van der Waals surface area contributed by atoms with Crippen LogP contribution in [-0.2, 0) is 6.42 Å². The number of aromatic carboxylic acids is 1. The average molecular weight is 377 g/mol. The summed E-state index contributed by atoms with van der Waals surface area (Å²) in [5.74, 6) is -0.653. The smallest absolute Gasteiger partial charge is 0.337 e. The molecule has 0 spiro atoms. The lowest BCUT2D eigenvalue weighted by molar-refractivity contribution is 0.0695. The molecule has 0 unspecified atom stereocenters. The minimum atomic E-state index is -1.07. The van der Waals surface area contributed by atoms with Crippen molar-refractivity contribution in [3.05, 3.63) is 83.4 Å². The Morgan fingerprint density at radius 1 is 1.11 bits per heavy atom. The summed E-state index contributed by atoms with van der Waals surface area (Å²) in [6, 6.07) is 15.7. The first-order valence-electron chi connectivity index (χ1n) is 9.33. The van der Waals surface area contributed by atoms with E-state index in [1.54, 1.807) is 12.1 Å². The van der Waals surface area contributed by atoms with Gasteiger partial charge < -0.3 is 9.84 Å². The molecule has 0 saturated heterocycles. The van der Waals surface area contributed by atoms with Gasteiger partial charge in [0.25, 0.3) is 0 Å². The lowest BCUT2D eigenvalue weighted by Gasteiger charge is -2.26. The van der Waals surface area contributed by atoms with Gasteiger partial charge in [0.15, 0.2) is 0 Å². The van der Waals surface area contributed by atoms with Crippen LogP contribution in [0.4, 0.5) is 4.39 Å². The molecule has 28 heavy (non-hydrogen) atoms. The molecule has 4 rings (SSSR count). The Balaban J connectivity index is 1.57. The van der Waals surface area contributed by atoms with Crippen LogP contribution in [-0.4, -0.2) is 22.2 Å². The largest absolute Gasteiger partial charge is 0.490 e. The highest BCUT2D eigenvalue weighted by atomic mass is 19.1. The summed E-state index contributed by atoms with van der Waals surface area (Å²) in [7, 11) is 0. The van der Waals surface area contributed by atoms with Gasteiger partial charge in [0.1, 0.15) is 11.6 Å². The molecule has 0 aliphatic heterocycles. The molecule has 1 fully saturated rings. The SMILES string of the molecule is O=C(O)c1cccnc1Cc1ccc(-c2cccc(OC3CCC3)c2)cc1F. The number of aromatic nitrogens is 1. The van der Waals surface area contributed by atoms with Crippen molar-refractivity contribution in [2.45, 2.75) is 31.8 Å². The second-order valence-corrected chi connectivity index (χ2v) is 6.98. The third-order valence-electron chi connectivity index (χ3n) is 5.05. The van der Waals surface area contributed by atoms with Gasteiger partial charge in [-0.2, -0.15) is 0 Å². The Hall–Kier alpha value is -3.21. The Kier molecular flexibility index (Phi) is 5.06. The van der Waals surface area contributed by atoms with Crippen LogP contribution in [0.15, 0.2) is 60.8 Å². The standard InChI is InChI=1S/C23H20FNO3/c24-21-13-16(15-4-1-7-19(12-15)28-18-5-2-6-18)9-10-17(21)14-22-20(23(26)27)8-3-11-25-22/h1,3-4,7-13,18H,2,5-6,14H2,(H,26,27). The number of carbonyl (C=O) groups is 1. The van der Waals surface area contributed by atoms with E-state index in [1.807, 2.05) is 30.3 Å². The number of halogens is 1. The van der Waals surface area contributed by atoms with Gasteiger partial charge in [-0.1, -0.05) is 24.3 Å². The van der Waals surface area contributed by atoms with Crippen LogP contribution in [0, 0.1) is 5.82 Å². The molecule has 1 heterocycles. The van der Waals surface area contributed by atoms with Crippen LogP contribution in [0.3, 0.4) is 0 Å². The van der Waals surface area contributed by atoms with E-state index in [2.05, 4.69) is 4.98 Å². The minimum absolute atomic E-state index is 0.0896. The van der Waals surface area contributed by atoms with Crippen molar-refractivity contribution in [2.24, 2.45) is 0 Å². The average Bonchev–Trinajstić information content (AvgIpc) is 2.67. The van der Waals surface area contributed by atoms with Gasteiger partial charge in [-0.15, -0.1) is 0 Å². The zero-order chi connectivity index (χ0) is 19.5. The molecule has 1 N–H and O–H groups in total. The van der Waals surface area contributed by atoms with Gasteiger partial charge in [-0.3, -0.25) is 4.98 Å². The molecule has 0 bridgehead atoms. The van der Waals surface area contributed by atoms with E-state index in [1.165, 1.54) is 24.8 Å². The monoisotopic (exact) mass is 377 g/mol. The Morgan fingerprint density at radius 2 is 1.93 bits per heavy atom. The molecule has 0 radical (unpaired) electrons. The zero-order valence-corrected chi connectivity index (χ0v) is 15.3. The maximum atomic E-state index is 14.7. The maximum absolute atomic E-state index is 14.7. The highest BCUT2D eigenvalue weighted by Gasteiger charge is 2.19. The van der Waals surface area contributed by atoms with E-state index < -0.39 is 5.97 Å². The van der Waals surface area contributed by atoms with Gasteiger partial charge >= 0.3 is 5.97 Å². The lowest BCUT2D eigenvalue weighted by Crippen LogP contribution is -2.24. The fraction of sp³-hybridized carbons (Fsp3) is 0.217.